The van der Waals surface area contributed by atoms with Crippen LogP contribution >= 0.6 is 22.9 Å². The molecule has 2 aromatic carbocycles. The number of hydrogen-bond donors (Lipinski definition) is 0. The highest BCUT2D eigenvalue weighted by Crippen LogP contribution is 2.37. The van der Waals surface area contributed by atoms with Crippen LogP contribution in [0.1, 0.15) is 19.8 Å². The van der Waals surface area contributed by atoms with Gasteiger partial charge >= 0.3 is 0 Å². The molecule has 0 aliphatic carbocycles. The quantitative estimate of drug-likeness (QED) is 0.555. The van der Waals surface area contributed by atoms with Crippen LogP contribution in [0, 0.1) is 0 Å². The molecule has 1 aromatic heterocycles. The van der Waals surface area contributed by atoms with E-state index in [0.717, 1.165) is 10.2 Å². The number of benzene rings is 2. The lowest BCUT2D eigenvalue weighted by molar-refractivity contribution is -0.121. The van der Waals surface area contributed by atoms with Gasteiger partial charge in [-0.3, -0.25) is 4.79 Å². The molecule has 0 N–H and O–H groups in total. The monoisotopic (exact) mass is 493 g/mol. The minimum absolute atomic E-state index is 0.113. The molecule has 1 unspecified atom stereocenters. The number of fused-ring (bicyclic) bond motifs is 2. The number of halogens is 1. The predicted molar refractivity (Wildman–Crippen MR) is 121 cm³/mol. The van der Waals surface area contributed by atoms with Gasteiger partial charge in [-0.05, 0) is 44.0 Å². The average molecular weight is 494 g/mol. The molecule has 0 spiro atoms. The molecule has 0 saturated carbocycles. The van der Waals surface area contributed by atoms with Crippen LogP contribution in [0.4, 0.5) is 0 Å². The molecule has 32 heavy (non-hydrogen) atoms. The Kier molecular flexibility index (Phi) is 5.48. The summed E-state index contributed by atoms with van der Waals surface area (Å²) < 4.78 is 41.3. The second kappa shape index (κ2) is 8.18. The van der Waals surface area contributed by atoms with Crippen molar-refractivity contribution in [1.82, 2.24) is 8.87 Å². The highest BCUT2D eigenvalue weighted by atomic mass is 35.5. The van der Waals surface area contributed by atoms with Gasteiger partial charge in [0, 0.05) is 30.2 Å². The van der Waals surface area contributed by atoms with E-state index in [1.165, 1.54) is 39.9 Å². The van der Waals surface area contributed by atoms with Crippen molar-refractivity contribution in [3.63, 3.8) is 0 Å². The summed E-state index contributed by atoms with van der Waals surface area (Å²) in [7, 11) is -3.83. The molecule has 1 amide bonds. The first-order valence-electron chi connectivity index (χ1n) is 10.2. The largest absolute Gasteiger partial charge is 0.454 e. The maximum absolute atomic E-state index is 13.2. The fourth-order valence-electron chi connectivity index (χ4n) is 4.04. The number of thiazole rings is 1. The van der Waals surface area contributed by atoms with E-state index < -0.39 is 22.0 Å². The molecule has 1 fully saturated rings. The first-order valence-corrected chi connectivity index (χ1v) is 12.8. The lowest BCUT2D eigenvalue weighted by Crippen LogP contribution is -2.40. The van der Waals surface area contributed by atoms with E-state index in [0.29, 0.717) is 40.7 Å². The van der Waals surface area contributed by atoms with Gasteiger partial charge in [-0.15, -0.1) is 0 Å². The van der Waals surface area contributed by atoms with Crippen molar-refractivity contribution in [2.45, 2.75) is 37.2 Å². The van der Waals surface area contributed by atoms with Crippen molar-refractivity contribution in [2.24, 2.45) is 4.99 Å². The van der Waals surface area contributed by atoms with Crippen LogP contribution in [0.3, 0.4) is 0 Å². The van der Waals surface area contributed by atoms with Crippen LogP contribution in [0.2, 0.25) is 5.02 Å². The van der Waals surface area contributed by atoms with E-state index >= 15 is 0 Å². The predicted octanol–water partition coefficient (Wildman–Crippen LogP) is 3.39. The number of hydrogen-bond acceptors (Lipinski definition) is 6. The van der Waals surface area contributed by atoms with E-state index in [1.54, 1.807) is 0 Å². The van der Waals surface area contributed by atoms with Crippen molar-refractivity contribution >= 4 is 49.1 Å². The van der Waals surface area contributed by atoms with Crippen LogP contribution < -0.4 is 14.3 Å². The van der Waals surface area contributed by atoms with Gasteiger partial charge in [-0.1, -0.05) is 22.9 Å². The molecule has 1 atom stereocenters. The number of sulfonamides is 1. The Labute approximate surface area is 193 Å². The maximum Gasteiger partial charge on any atom is 0.266 e. The van der Waals surface area contributed by atoms with Gasteiger partial charge in [0.15, 0.2) is 16.3 Å². The normalized spacial score (nSPS) is 19.2. The second-order valence-electron chi connectivity index (χ2n) is 7.48. The number of carbonyl (C=O) groups excluding carboxylic acids is 1. The third-order valence-corrected chi connectivity index (χ3v) is 8.82. The third-order valence-electron chi connectivity index (χ3n) is 5.61. The molecule has 8 nitrogen and oxygen atoms in total. The van der Waals surface area contributed by atoms with E-state index in [4.69, 9.17) is 21.1 Å². The van der Waals surface area contributed by atoms with Gasteiger partial charge in [0.25, 0.3) is 5.91 Å². The second-order valence-corrected chi connectivity index (χ2v) is 10.8. The maximum atomic E-state index is 13.2. The van der Waals surface area contributed by atoms with E-state index in [9.17, 15) is 13.2 Å². The van der Waals surface area contributed by atoms with E-state index in [1.807, 2.05) is 23.6 Å². The van der Waals surface area contributed by atoms with Gasteiger partial charge in [0.1, 0.15) is 6.04 Å². The lowest BCUT2D eigenvalue weighted by atomic mass is 10.2. The number of carbonyl (C=O) groups is 1. The number of ether oxygens (including phenoxy) is 2. The van der Waals surface area contributed by atoms with Crippen LogP contribution in [0.25, 0.3) is 10.2 Å². The Balaban J connectivity index is 1.51. The van der Waals surface area contributed by atoms with Gasteiger partial charge in [-0.2, -0.15) is 9.30 Å². The minimum atomic E-state index is -3.83. The fraction of sp³-hybridized carbons (Fsp3) is 0.333. The Bertz CT molecular complexity index is 1380. The first-order chi connectivity index (χ1) is 15.4. The lowest BCUT2D eigenvalue weighted by Gasteiger charge is -2.21. The Hall–Kier alpha value is -2.40. The van der Waals surface area contributed by atoms with Crippen molar-refractivity contribution < 1.29 is 22.7 Å². The molecule has 3 heterocycles. The summed E-state index contributed by atoms with van der Waals surface area (Å²) in [6, 6.07) is 8.89. The number of aromatic nitrogens is 1. The highest BCUT2D eigenvalue weighted by Gasteiger charge is 2.39. The molecule has 2 aliphatic rings. The van der Waals surface area contributed by atoms with Crippen LogP contribution in [-0.4, -0.2) is 42.6 Å². The van der Waals surface area contributed by atoms with Gasteiger partial charge in [-0.25, -0.2) is 8.42 Å². The highest BCUT2D eigenvalue weighted by molar-refractivity contribution is 7.89. The molecule has 2 aliphatic heterocycles. The summed E-state index contributed by atoms with van der Waals surface area (Å²) in [6.45, 7) is 3.03. The Morgan fingerprint density at radius 3 is 2.66 bits per heavy atom. The van der Waals surface area contributed by atoms with Crippen LogP contribution in [0.5, 0.6) is 11.5 Å². The summed E-state index contributed by atoms with van der Waals surface area (Å²) in [4.78, 5) is 18.1. The number of rotatable bonds is 4. The van der Waals surface area contributed by atoms with Crippen molar-refractivity contribution in [1.29, 1.82) is 0 Å². The standard InChI is InChI=1S/C21H20ClN3O5S2/c1-2-24-16-10-17-18(30-12-29-17)11-19(16)31-21(24)23-20(26)15-4-3-9-25(15)32(27,28)14-7-5-13(22)6-8-14/h5-8,10-11,15H,2-4,9,12H2,1H3. The summed E-state index contributed by atoms with van der Waals surface area (Å²) in [5.41, 5.74) is 0.894. The molecule has 168 valence electrons. The third kappa shape index (κ3) is 3.61. The molecule has 1 saturated heterocycles. The summed E-state index contributed by atoms with van der Waals surface area (Å²) in [5, 5.41) is 0.448. The molecule has 11 heteroatoms. The zero-order chi connectivity index (χ0) is 22.5. The van der Waals surface area contributed by atoms with E-state index in [2.05, 4.69) is 4.99 Å². The minimum Gasteiger partial charge on any atom is -0.454 e. The van der Waals surface area contributed by atoms with Gasteiger partial charge < -0.3 is 14.0 Å². The van der Waals surface area contributed by atoms with Crippen molar-refractivity contribution in [3.05, 3.63) is 46.2 Å². The molecule has 5 rings (SSSR count). The molecule has 0 bridgehead atoms. The zero-order valence-corrected chi connectivity index (χ0v) is 19.5. The molecular weight excluding hydrogens is 474 g/mol. The first kappa shape index (κ1) is 21.4. The van der Waals surface area contributed by atoms with Crippen LogP contribution in [0.15, 0.2) is 46.3 Å². The zero-order valence-electron chi connectivity index (χ0n) is 17.2. The molecule has 3 aromatic rings. The van der Waals surface area contributed by atoms with Gasteiger partial charge in [0.05, 0.1) is 15.1 Å². The smallest absolute Gasteiger partial charge is 0.266 e. The molecule has 0 radical (unpaired) electrons. The Morgan fingerprint density at radius 2 is 1.94 bits per heavy atom. The molecular formula is C21H20ClN3O5S2. The van der Waals surface area contributed by atoms with E-state index in [-0.39, 0.29) is 18.2 Å². The summed E-state index contributed by atoms with van der Waals surface area (Å²) >= 11 is 7.26. The van der Waals surface area contributed by atoms with Crippen LogP contribution in [-0.2, 0) is 21.4 Å². The fourth-order valence-corrected chi connectivity index (χ4v) is 6.92. The van der Waals surface area contributed by atoms with Gasteiger partial charge in [0.2, 0.25) is 16.8 Å². The topological polar surface area (TPSA) is 90.2 Å². The van der Waals surface area contributed by atoms with Crippen molar-refractivity contribution in [3.8, 4) is 11.5 Å². The summed E-state index contributed by atoms with van der Waals surface area (Å²) in [5.74, 6) is 0.858. The Morgan fingerprint density at radius 1 is 1.22 bits per heavy atom. The number of nitrogens with zero attached hydrogens (tertiary/aromatic N) is 3. The average Bonchev–Trinajstić information content (AvgIpc) is 3.50. The van der Waals surface area contributed by atoms with Crippen molar-refractivity contribution in [2.75, 3.05) is 13.3 Å². The number of aryl methyl sites for hydroxylation is 1. The SMILES string of the molecule is CCn1c(=NC(=O)C2CCCN2S(=O)(=O)c2ccc(Cl)cc2)sc2cc3c(cc21)OCO3. The summed E-state index contributed by atoms with van der Waals surface area (Å²) in [6.07, 6.45) is 1.03. The number of amides is 1.